The molecule has 0 aliphatic heterocycles. The summed E-state index contributed by atoms with van der Waals surface area (Å²) in [5.74, 6) is 1.88. The predicted octanol–water partition coefficient (Wildman–Crippen LogP) is 1.57. The Hall–Kier alpha value is -1.40. The molecule has 0 unspecified atom stereocenters. The summed E-state index contributed by atoms with van der Waals surface area (Å²) < 4.78 is 10.4. The number of nitrogens with one attached hydrogen (secondary N) is 1. The maximum Gasteiger partial charge on any atom is 0.137 e. The van der Waals surface area contributed by atoms with E-state index < -0.39 is 0 Å². The van der Waals surface area contributed by atoms with E-state index in [1.807, 2.05) is 0 Å². The normalized spacial score (nSPS) is 10.6. The Morgan fingerprint density at radius 3 is 2.25 bits per heavy atom. The van der Waals surface area contributed by atoms with Crippen molar-refractivity contribution in [1.29, 1.82) is 0 Å². The third-order valence-electron chi connectivity index (χ3n) is 3.05. The van der Waals surface area contributed by atoms with E-state index in [4.69, 9.17) is 9.47 Å². The molecule has 1 N–H and O–H groups in total. The average Bonchev–Trinajstić information content (AvgIpc) is 2.47. The number of hydrogen-bond acceptors (Lipinski definition) is 6. The van der Waals surface area contributed by atoms with Gasteiger partial charge in [0.25, 0.3) is 0 Å². The lowest BCUT2D eigenvalue weighted by Crippen LogP contribution is -2.32. The van der Waals surface area contributed by atoms with E-state index >= 15 is 0 Å². The zero-order valence-corrected chi connectivity index (χ0v) is 13.0. The lowest BCUT2D eigenvalue weighted by Gasteiger charge is -2.26. The Labute approximate surface area is 121 Å². The molecule has 1 heterocycles. The van der Waals surface area contributed by atoms with E-state index in [1.165, 1.54) is 0 Å². The minimum atomic E-state index is 0.660. The molecule has 0 aromatic carbocycles. The van der Waals surface area contributed by atoms with Crippen molar-refractivity contribution in [2.24, 2.45) is 0 Å². The first-order valence-electron chi connectivity index (χ1n) is 7.08. The molecule has 0 fully saturated rings. The van der Waals surface area contributed by atoms with Gasteiger partial charge in [-0.2, -0.15) is 0 Å². The third-order valence-corrected chi connectivity index (χ3v) is 3.05. The third kappa shape index (κ3) is 4.61. The number of rotatable bonds is 10. The van der Waals surface area contributed by atoms with E-state index in [1.54, 1.807) is 20.5 Å². The molecule has 6 heteroatoms. The van der Waals surface area contributed by atoms with Gasteiger partial charge in [0.1, 0.15) is 18.0 Å². The van der Waals surface area contributed by atoms with Gasteiger partial charge < -0.3 is 19.7 Å². The monoisotopic (exact) mass is 282 g/mol. The van der Waals surface area contributed by atoms with Crippen LogP contribution in [0.15, 0.2) is 6.33 Å². The van der Waals surface area contributed by atoms with Gasteiger partial charge in [-0.25, -0.2) is 9.97 Å². The number of hydrogen-bond donors (Lipinski definition) is 1. The predicted molar refractivity (Wildman–Crippen MR) is 81.5 cm³/mol. The summed E-state index contributed by atoms with van der Waals surface area (Å²) in [6.07, 6.45) is 2.49. The van der Waals surface area contributed by atoms with Crippen LogP contribution in [0.3, 0.4) is 0 Å². The standard InChI is InChI=1S/C14H26N4O2/c1-5-12-13(15-6-2)16-11-17-14(12)18(7-9-19-3)8-10-20-4/h11H,5-10H2,1-4H3,(H,15,16,17). The molecule has 1 rings (SSSR count). The lowest BCUT2D eigenvalue weighted by atomic mass is 10.2. The van der Waals surface area contributed by atoms with Crippen LogP contribution in [0.5, 0.6) is 0 Å². The van der Waals surface area contributed by atoms with E-state index in [2.05, 4.69) is 34.0 Å². The molecule has 0 radical (unpaired) electrons. The maximum absolute atomic E-state index is 5.18. The lowest BCUT2D eigenvalue weighted by molar-refractivity contribution is 0.190. The number of aromatic nitrogens is 2. The Balaban J connectivity index is 3.00. The van der Waals surface area contributed by atoms with Crippen LogP contribution in [0, 0.1) is 0 Å². The van der Waals surface area contributed by atoms with Crippen LogP contribution in [0.1, 0.15) is 19.4 Å². The highest BCUT2D eigenvalue weighted by atomic mass is 16.5. The van der Waals surface area contributed by atoms with Crippen LogP contribution in [0.2, 0.25) is 0 Å². The Bertz CT molecular complexity index is 379. The molecule has 0 bridgehead atoms. The summed E-state index contributed by atoms with van der Waals surface area (Å²) in [6, 6.07) is 0. The molecule has 0 saturated carbocycles. The van der Waals surface area contributed by atoms with Gasteiger partial charge in [-0.15, -0.1) is 0 Å². The molecule has 20 heavy (non-hydrogen) atoms. The zero-order chi connectivity index (χ0) is 14.8. The molecule has 1 aromatic heterocycles. The van der Waals surface area contributed by atoms with Gasteiger partial charge in [0.2, 0.25) is 0 Å². The molecule has 0 aliphatic rings. The molecule has 0 saturated heterocycles. The number of nitrogens with zero attached hydrogens (tertiary/aromatic N) is 3. The molecule has 0 aliphatic carbocycles. The van der Waals surface area contributed by atoms with Gasteiger partial charge in [0.15, 0.2) is 0 Å². The molecule has 1 aromatic rings. The van der Waals surface area contributed by atoms with Crippen molar-refractivity contribution in [3.8, 4) is 0 Å². The van der Waals surface area contributed by atoms with Crippen molar-refractivity contribution in [1.82, 2.24) is 9.97 Å². The largest absolute Gasteiger partial charge is 0.383 e. The highest BCUT2D eigenvalue weighted by molar-refractivity contribution is 5.58. The first-order chi connectivity index (χ1) is 9.78. The van der Waals surface area contributed by atoms with Crippen LogP contribution in [-0.2, 0) is 15.9 Å². The van der Waals surface area contributed by atoms with E-state index in [9.17, 15) is 0 Å². The van der Waals surface area contributed by atoms with Gasteiger partial charge >= 0.3 is 0 Å². The smallest absolute Gasteiger partial charge is 0.137 e. The van der Waals surface area contributed by atoms with Crippen molar-refractivity contribution in [3.63, 3.8) is 0 Å². The maximum atomic E-state index is 5.18. The second kappa shape index (κ2) is 9.50. The van der Waals surface area contributed by atoms with Crippen LogP contribution in [0.25, 0.3) is 0 Å². The van der Waals surface area contributed by atoms with Crippen molar-refractivity contribution in [3.05, 3.63) is 11.9 Å². The highest BCUT2D eigenvalue weighted by Crippen LogP contribution is 2.23. The van der Waals surface area contributed by atoms with Crippen molar-refractivity contribution in [2.45, 2.75) is 20.3 Å². The number of anilines is 2. The van der Waals surface area contributed by atoms with Crippen molar-refractivity contribution < 1.29 is 9.47 Å². The van der Waals surface area contributed by atoms with Crippen LogP contribution < -0.4 is 10.2 Å². The highest BCUT2D eigenvalue weighted by Gasteiger charge is 2.15. The van der Waals surface area contributed by atoms with Gasteiger partial charge in [0.05, 0.1) is 13.2 Å². The van der Waals surface area contributed by atoms with E-state index in [0.717, 1.165) is 43.3 Å². The van der Waals surface area contributed by atoms with Crippen molar-refractivity contribution >= 4 is 11.6 Å². The summed E-state index contributed by atoms with van der Waals surface area (Å²) in [5.41, 5.74) is 1.14. The summed E-state index contributed by atoms with van der Waals surface area (Å²) in [6.45, 7) is 7.92. The summed E-state index contributed by atoms with van der Waals surface area (Å²) in [4.78, 5) is 11.0. The average molecular weight is 282 g/mol. The minimum absolute atomic E-state index is 0.660. The van der Waals surface area contributed by atoms with Gasteiger partial charge in [-0.3, -0.25) is 0 Å². The van der Waals surface area contributed by atoms with Gasteiger partial charge in [-0.05, 0) is 13.3 Å². The molecule has 114 valence electrons. The fraction of sp³-hybridized carbons (Fsp3) is 0.714. The Morgan fingerprint density at radius 2 is 1.75 bits per heavy atom. The quantitative estimate of drug-likeness (QED) is 0.703. The first kappa shape index (κ1) is 16.7. The SMILES string of the molecule is CCNc1ncnc(N(CCOC)CCOC)c1CC. The van der Waals surface area contributed by atoms with E-state index in [-0.39, 0.29) is 0 Å². The van der Waals surface area contributed by atoms with Crippen LogP contribution in [0.4, 0.5) is 11.6 Å². The van der Waals surface area contributed by atoms with Gasteiger partial charge in [0, 0.05) is 39.4 Å². The number of methoxy groups -OCH3 is 2. The van der Waals surface area contributed by atoms with Gasteiger partial charge in [-0.1, -0.05) is 6.92 Å². The second-order valence-electron chi connectivity index (χ2n) is 4.38. The Morgan fingerprint density at radius 1 is 1.10 bits per heavy atom. The summed E-state index contributed by atoms with van der Waals surface area (Å²) in [5, 5.41) is 3.29. The first-order valence-corrected chi connectivity index (χ1v) is 7.08. The summed E-state index contributed by atoms with van der Waals surface area (Å²) >= 11 is 0. The van der Waals surface area contributed by atoms with Crippen LogP contribution >= 0.6 is 0 Å². The molecule has 0 spiro atoms. The fourth-order valence-corrected chi connectivity index (χ4v) is 2.05. The summed E-state index contributed by atoms with van der Waals surface area (Å²) in [7, 11) is 3.42. The van der Waals surface area contributed by atoms with E-state index in [0.29, 0.717) is 13.2 Å². The molecular weight excluding hydrogens is 256 g/mol. The molecule has 6 nitrogen and oxygen atoms in total. The molecular formula is C14H26N4O2. The zero-order valence-electron chi connectivity index (χ0n) is 13.0. The number of ether oxygens (including phenoxy) is 2. The fourth-order valence-electron chi connectivity index (χ4n) is 2.05. The van der Waals surface area contributed by atoms with Crippen LogP contribution in [-0.4, -0.2) is 57.0 Å². The molecule has 0 atom stereocenters. The second-order valence-corrected chi connectivity index (χ2v) is 4.38. The minimum Gasteiger partial charge on any atom is -0.383 e. The molecule has 0 amide bonds. The topological polar surface area (TPSA) is 59.5 Å². The van der Waals surface area contributed by atoms with Crippen molar-refractivity contribution in [2.75, 3.05) is 57.3 Å². The Kier molecular flexibility index (Phi) is 7.91.